The van der Waals surface area contributed by atoms with Gasteiger partial charge in [-0.2, -0.15) is 0 Å². The molecule has 6 heteroatoms. The van der Waals surface area contributed by atoms with Gasteiger partial charge in [-0.15, -0.1) is 0 Å². The molecule has 0 aliphatic rings. The van der Waals surface area contributed by atoms with Gasteiger partial charge in [0, 0.05) is 13.0 Å². The average molecular weight is 311 g/mol. The first-order chi connectivity index (χ1) is 9.97. The fourth-order valence-corrected chi connectivity index (χ4v) is 1.77. The molecule has 0 aliphatic heterocycles. The Morgan fingerprint density at radius 3 is 2.52 bits per heavy atom. The van der Waals surface area contributed by atoms with E-state index in [1.807, 2.05) is 0 Å². The molecule has 0 saturated heterocycles. The van der Waals surface area contributed by atoms with Crippen LogP contribution in [0.25, 0.3) is 0 Å². The van der Waals surface area contributed by atoms with Crippen molar-refractivity contribution in [2.24, 2.45) is 5.92 Å². The van der Waals surface area contributed by atoms with Crippen molar-refractivity contribution in [2.75, 3.05) is 6.54 Å². The predicted octanol–water partition coefficient (Wildman–Crippen LogP) is 2.30. The number of thiocarbonyl (C=S) groups is 1. The third-order valence-electron chi connectivity index (χ3n) is 2.88. The summed E-state index contributed by atoms with van der Waals surface area (Å²) in [5.74, 6) is 0.167. The van der Waals surface area contributed by atoms with Gasteiger partial charge >= 0.3 is 0 Å². The minimum absolute atomic E-state index is 0.160. The van der Waals surface area contributed by atoms with Crippen LogP contribution in [0.3, 0.4) is 0 Å². The normalized spacial score (nSPS) is 10.3. The molecule has 0 atom stereocenters. The van der Waals surface area contributed by atoms with E-state index in [-0.39, 0.29) is 11.7 Å². The highest BCUT2D eigenvalue weighted by atomic mass is 32.1. The zero-order chi connectivity index (χ0) is 15.7. The standard InChI is InChI=1S/C15H22FN3OS/c1-11(2)9-10-17-15(21)19-18-14(20)8-5-12-3-6-13(16)7-4-12/h3-4,6-7,11H,5,8-10H2,1-2H3,(H,18,20)(H2,17,19,21). The van der Waals surface area contributed by atoms with E-state index in [0.717, 1.165) is 18.5 Å². The van der Waals surface area contributed by atoms with E-state index >= 15 is 0 Å². The second-order valence-electron chi connectivity index (χ2n) is 5.24. The molecule has 4 nitrogen and oxygen atoms in total. The molecule has 0 bridgehead atoms. The molecule has 0 saturated carbocycles. The van der Waals surface area contributed by atoms with Gasteiger partial charge in [-0.3, -0.25) is 15.6 Å². The molecule has 0 radical (unpaired) electrons. The minimum Gasteiger partial charge on any atom is -0.361 e. The number of carbonyl (C=O) groups excluding carboxylic acids is 1. The number of amides is 1. The Bertz CT molecular complexity index is 462. The predicted molar refractivity (Wildman–Crippen MR) is 86.1 cm³/mol. The number of hydrazine groups is 1. The van der Waals surface area contributed by atoms with Crippen LogP contribution in [0.2, 0.25) is 0 Å². The first-order valence-corrected chi connectivity index (χ1v) is 7.45. The lowest BCUT2D eigenvalue weighted by atomic mass is 10.1. The summed E-state index contributed by atoms with van der Waals surface area (Å²) in [5, 5.41) is 3.42. The van der Waals surface area contributed by atoms with Crippen LogP contribution in [0.15, 0.2) is 24.3 Å². The topological polar surface area (TPSA) is 53.2 Å². The SMILES string of the molecule is CC(C)CCNC(=S)NNC(=O)CCc1ccc(F)cc1. The Hall–Kier alpha value is -1.69. The summed E-state index contributed by atoms with van der Waals surface area (Å²) < 4.78 is 12.7. The summed E-state index contributed by atoms with van der Waals surface area (Å²) in [7, 11) is 0. The Balaban J connectivity index is 2.16. The van der Waals surface area contributed by atoms with Gasteiger partial charge in [-0.1, -0.05) is 26.0 Å². The summed E-state index contributed by atoms with van der Waals surface area (Å²) in [5.41, 5.74) is 6.12. The first kappa shape index (κ1) is 17.4. The quantitative estimate of drug-likeness (QED) is 0.557. The lowest BCUT2D eigenvalue weighted by Crippen LogP contribution is -2.47. The zero-order valence-electron chi connectivity index (χ0n) is 12.4. The maximum atomic E-state index is 12.7. The smallest absolute Gasteiger partial charge is 0.238 e. The molecular formula is C15H22FN3OS. The van der Waals surface area contributed by atoms with Crippen molar-refractivity contribution in [3.05, 3.63) is 35.6 Å². The molecule has 116 valence electrons. The van der Waals surface area contributed by atoms with Gasteiger partial charge in [-0.05, 0) is 48.7 Å². The molecule has 1 rings (SSSR count). The fourth-order valence-electron chi connectivity index (χ4n) is 1.62. The molecule has 0 aliphatic carbocycles. The highest BCUT2D eigenvalue weighted by Gasteiger charge is 2.03. The van der Waals surface area contributed by atoms with Crippen molar-refractivity contribution in [1.82, 2.24) is 16.2 Å². The second kappa shape index (κ2) is 9.28. The van der Waals surface area contributed by atoms with Crippen LogP contribution in [0, 0.1) is 11.7 Å². The Morgan fingerprint density at radius 2 is 1.90 bits per heavy atom. The number of rotatable bonds is 6. The lowest BCUT2D eigenvalue weighted by Gasteiger charge is -2.12. The third-order valence-corrected chi connectivity index (χ3v) is 3.12. The number of aryl methyl sites for hydroxylation is 1. The van der Waals surface area contributed by atoms with Gasteiger partial charge in [0.2, 0.25) is 5.91 Å². The van der Waals surface area contributed by atoms with Gasteiger partial charge in [0.1, 0.15) is 5.82 Å². The molecule has 0 fully saturated rings. The maximum Gasteiger partial charge on any atom is 0.238 e. The third kappa shape index (κ3) is 8.24. The van der Waals surface area contributed by atoms with E-state index in [1.54, 1.807) is 12.1 Å². The summed E-state index contributed by atoms with van der Waals surface area (Å²) in [6, 6.07) is 6.13. The molecule has 0 spiro atoms. The van der Waals surface area contributed by atoms with Gasteiger partial charge in [-0.25, -0.2) is 4.39 Å². The van der Waals surface area contributed by atoms with Crippen molar-refractivity contribution in [3.8, 4) is 0 Å². The van der Waals surface area contributed by atoms with Gasteiger partial charge in [0.25, 0.3) is 0 Å². The second-order valence-corrected chi connectivity index (χ2v) is 5.65. The summed E-state index contributed by atoms with van der Waals surface area (Å²) in [4.78, 5) is 11.6. The van der Waals surface area contributed by atoms with E-state index in [2.05, 4.69) is 30.0 Å². The highest BCUT2D eigenvalue weighted by molar-refractivity contribution is 7.80. The van der Waals surface area contributed by atoms with E-state index < -0.39 is 0 Å². The number of carbonyl (C=O) groups is 1. The van der Waals surface area contributed by atoms with Crippen LogP contribution in [0.4, 0.5) is 4.39 Å². The Morgan fingerprint density at radius 1 is 1.24 bits per heavy atom. The van der Waals surface area contributed by atoms with Crippen LogP contribution in [-0.2, 0) is 11.2 Å². The Kier molecular flexibility index (Phi) is 7.68. The van der Waals surface area contributed by atoms with Crippen molar-refractivity contribution < 1.29 is 9.18 Å². The molecule has 0 heterocycles. The molecule has 21 heavy (non-hydrogen) atoms. The van der Waals surface area contributed by atoms with Crippen molar-refractivity contribution >= 4 is 23.2 Å². The molecule has 1 amide bonds. The average Bonchev–Trinajstić information content (AvgIpc) is 2.44. The lowest BCUT2D eigenvalue weighted by molar-refractivity contribution is -0.121. The first-order valence-electron chi connectivity index (χ1n) is 7.04. The molecule has 1 aromatic carbocycles. The minimum atomic E-state index is -0.275. The molecule has 0 aromatic heterocycles. The molecular weight excluding hydrogens is 289 g/mol. The number of halogens is 1. The monoisotopic (exact) mass is 311 g/mol. The number of nitrogens with one attached hydrogen (secondary N) is 3. The van der Waals surface area contributed by atoms with Crippen molar-refractivity contribution in [3.63, 3.8) is 0 Å². The number of hydrogen-bond donors (Lipinski definition) is 3. The zero-order valence-corrected chi connectivity index (χ0v) is 13.2. The van der Waals surface area contributed by atoms with Gasteiger partial charge in [0.15, 0.2) is 5.11 Å². The van der Waals surface area contributed by atoms with E-state index in [4.69, 9.17) is 12.2 Å². The van der Waals surface area contributed by atoms with E-state index in [9.17, 15) is 9.18 Å². The molecule has 0 unspecified atom stereocenters. The van der Waals surface area contributed by atoms with Gasteiger partial charge in [0.05, 0.1) is 0 Å². The van der Waals surface area contributed by atoms with Gasteiger partial charge < -0.3 is 5.32 Å². The number of hydrogen-bond acceptors (Lipinski definition) is 2. The van der Waals surface area contributed by atoms with Crippen molar-refractivity contribution in [1.29, 1.82) is 0 Å². The van der Waals surface area contributed by atoms with E-state index in [1.165, 1.54) is 12.1 Å². The fraction of sp³-hybridized carbons (Fsp3) is 0.467. The van der Waals surface area contributed by atoms with Crippen molar-refractivity contribution in [2.45, 2.75) is 33.1 Å². The molecule has 1 aromatic rings. The summed E-state index contributed by atoms with van der Waals surface area (Å²) in [6.07, 6.45) is 1.88. The highest BCUT2D eigenvalue weighted by Crippen LogP contribution is 2.05. The van der Waals surface area contributed by atoms with Crippen LogP contribution < -0.4 is 16.2 Å². The molecule has 3 N–H and O–H groups in total. The van der Waals surface area contributed by atoms with E-state index in [0.29, 0.717) is 23.9 Å². The van der Waals surface area contributed by atoms with Crippen LogP contribution in [-0.4, -0.2) is 17.6 Å². The van der Waals surface area contributed by atoms with Crippen LogP contribution >= 0.6 is 12.2 Å². The number of benzene rings is 1. The Labute approximate surface area is 130 Å². The van der Waals surface area contributed by atoms with Crippen LogP contribution in [0.1, 0.15) is 32.3 Å². The summed E-state index contributed by atoms with van der Waals surface area (Å²) >= 11 is 5.04. The summed E-state index contributed by atoms with van der Waals surface area (Å²) in [6.45, 7) is 5.04. The largest absolute Gasteiger partial charge is 0.361 e. The maximum absolute atomic E-state index is 12.7. The van der Waals surface area contributed by atoms with Crippen LogP contribution in [0.5, 0.6) is 0 Å².